The predicted octanol–water partition coefficient (Wildman–Crippen LogP) is 1.84. The van der Waals surface area contributed by atoms with E-state index in [1.807, 2.05) is 0 Å². The molecular weight excluding hydrogens is 257 g/mol. The van der Waals surface area contributed by atoms with E-state index in [1.165, 1.54) is 12.1 Å². The van der Waals surface area contributed by atoms with E-state index in [1.54, 1.807) is 12.1 Å². The number of carbonyl (C=O) groups excluding carboxylic acids is 1. The highest BCUT2D eigenvalue weighted by atomic mass is 19.1. The van der Waals surface area contributed by atoms with Crippen LogP contribution in [0, 0.1) is 5.82 Å². The molecule has 0 radical (unpaired) electrons. The van der Waals surface area contributed by atoms with E-state index in [0.29, 0.717) is 18.3 Å². The summed E-state index contributed by atoms with van der Waals surface area (Å²) in [7, 11) is 0. The molecule has 0 aliphatic carbocycles. The molecule has 2 rings (SSSR count). The van der Waals surface area contributed by atoms with Gasteiger partial charge in [0.15, 0.2) is 0 Å². The van der Waals surface area contributed by atoms with Gasteiger partial charge in [0, 0.05) is 11.7 Å². The first kappa shape index (κ1) is 14.9. The number of carbonyl (C=O) groups is 1. The molecular formula is C15H22FN3O. The number of likely N-dealkylation sites (N-methyl/N-ethyl adjacent to an activating group) is 1. The lowest BCUT2D eigenvalue weighted by Crippen LogP contribution is -2.46. The number of halogens is 1. The molecule has 0 spiro atoms. The lowest BCUT2D eigenvalue weighted by Gasteiger charge is -2.33. The van der Waals surface area contributed by atoms with Gasteiger partial charge in [0.1, 0.15) is 5.82 Å². The van der Waals surface area contributed by atoms with Gasteiger partial charge < -0.3 is 10.6 Å². The monoisotopic (exact) mass is 279 g/mol. The number of piperidine rings is 1. The summed E-state index contributed by atoms with van der Waals surface area (Å²) in [5.41, 5.74) is 0.511. The maximum Gasteiger partial charge on any atom is 0.238 e. The Kier molecular flexibility index (Phi) is 5.49. The molecule has 1 amide bonds. The van der Waals surface area contributed by atoms with Crippen molar-refractivity contribution >= 4 is 11.6 Å². The number of hydrogen-bond acceptors (Lipinski definition) is 3. The van der Waals surface area contributed by atoms with Crippen molar-refractivity contribution in [1.29, 1.82) is 0 Å². The molecule has 0 saturated carbocycles. The molecule has 0 aromatic heterocycles. The van der Waals surface area contributed by atoms with Gasteiger partial charge in [-0.15, -0.1) is 0 Å². The van der Waals surface area contributed by atoms with Crippen molar-refractivity contribution in [2.75, 3.05) is 31.5 Å². The third kappa shape index (κ3) is 4.28. The van der Waals surface area contributed by atoms with Gasteiger partial charge in [-0.3, -0.25) is 9.69 Å². The van der Waals surface area contributed by atoms with Gasteiger partial charge >= 0.3 is 0 Å². The lowest BCUT2D eigenvalue weighted by atomic mass is 10.0. The maximum absolute atomic E-state index is 13.1. The Hall–Kier alpha value is -1.46. The number of hydrogen-bond donors (Lipinski definition) is 2. The molecule has 1 aliphatic heterocycles. The van der Waals surface area contributed by atoms with E-state index in [2.05, 4.69) is 22.5 Å². The number of benzene rings is 1. The van der Waals surface area contributed by atoms with Gasteiger partial charge in [-0.05, 0) is 50.7 Å². The van der Waals surface area contributed by atoms with Crippen molar-refractivity contribution < 1.29 is 9.18 Å². The number of nitrogens with one attached hydrogen (secondary N) is 2. The first-order valence-electron chi connectivity index (χ1n) is 7.19. The van der Waals surface area contributed by atoms with E-state index in [9.17, 15) is 9.18 Å². The minimum absolute atomic E-state index is 0.0871. The number of nitrogens with zero attached hydrogens (tertiary/aromatic N) is 1. The molecule has 110 valence electrons. The molecule has 1 aromatic rings. The molecule has 1 aromatic carbocycles. The fraction of sp³-hybridized carbons (Fsp3) is 0.533. The Morgan fingerprint density at radius 1 is 1.45 bits per heavy atom. The molecule has 0 atom stereocenters. The standard InChI is InChI=1S/C15H22FN3O/c1-2-19(14-6-8-17-9-7-14)11-15(20)18-13-5-3-4-12(16)10-13/h3-5,10,14,17H,2,6-9,11H2,1H3,(H,18,20). The van der Waals surface area contributed by atoms with Crippen molar-refractivity contribution in [1.82, 2.24) is 10.2 Å². The van der Waals surface area contributed by atoms with Crippen LogP contribution in [0.2, 0.25) is 0 Å². The van der Waals surface area contributed by atoms with Gasteiger partial charge in [-0.2, -0.15) is 0 Å². The quantitative estimate of drug-likeness (QED) is 0.864. The van der Waals surface area contributed by atoms with Crippen molar-refractivity contribution in [2.45, 2.75) is 25.8 Å². The maximum atomic E-state index is 13.1. The third-order valence-corrected chi connectivity index (χ3v) is 3.69. The van der Waals surface area contributed by atoms with E-state index in [4.69, 9.17) is 0 Å². The molecule has 5 heteroatoms. The Morgan fingerprint density at radius 2 is 2.20 bits per heavy atom. The highest BCUT2D eigenvalue weighted by Crippen LogP contribution is 2.13. The smallest absolute Gasteiger partial charge is 0.238 e. The summed E-state index contributed by atoms with van der Waals surface area (Å²) in [6.45, 7) is 5.29. The van der Waals surface area contributed by atoms with Crippen molar-refractivity contribution in [3.8, 4) is 0 Å². The van der Waals surface area contributed by atoms with Crippen LogP contribution in [0.15, 0.2) is 24.3 Å². The van der Waals surface area contributed by atoms with Gasteiger partial charge in [0.2, 0.25) is 5.91 Å². The average Bonchev–Trinajstić information content (AvgIpc) is 2.45. The molecule has 0 bridgehead atoms. The minimum Gasteiger partial charge on any atom is -0.325 e. The molecule has 1 heterocycles. The highest BCUT2D eigenvalue weighted by molar-refractivity contribution is 5.92. The summed E-state index contributed by atoms with van der Waals surface area (Å²) < 4.78 is 13.1. The first-order chi connectivity index (χ1) is 9.69. The van der Waals surface area contributed by atoms with Crippen LogP contribution in [0.1, 0.15) is 19.8 Å². The average molecular weight is 279 g/mol. The number of anilines is 1. The van der Waals surface area contributed by atoms with Crippen LogP contribution in [-0.4, -0.2) is 43.0 Å². The van der Waals surface area contributed by atoms with Crippen molar-refractivity contribution in [3.63, 3.8) is 0 Å². The summed E-state index contributed by atoms with van der Waals surface area (Å²) in [5.74, 6) is -0.426. The normalized spacial score (nSPS) is 16.4. The van der Waals surface area contributed by atoms with Crippen LogP contribution >= 0.6 is 0 Å². The second kappa shape index (κ2) is 7.36. The Bertz CT molecular complexity index is 446. The fourth-order valence-electron chi connectivity index (χ4n) is 2.62. The Morgan fingerprint density at radius 3 is 2.85 bits per heavy atom. The zero-order chi connectivity index (χ0) is 14.4. The SMILES string of the molecule is CCN(CC(=O)Nc1cccc(F)c1)C1CCNCC1. The molecule has 1 aliphatic rings. The molecule has 4 nitrogen and oxygen atoms in total. The van der Waals surface area contributed by atoms with E-state index >= 15 is 0 Å². The van der Waals surface area contributed by atoms with Crippen LogP contribution in [0.4, 0.5) is 10.1 Å². The number of amides is 1. The number of rotatable bonds is 5. The lowest BCUT2D eigenvalue weighted by molar-refractivity contribution is -0.118. The van der Waals surface area contributed by atoms with Crippen LogP contribution in [0.3, 0.4) is 0 Å². The largest absolute Gasteiger partial charge is 0.325 e. The van der Waals surface area contributed by atoms with E-state index in [-0.39, 0.29) is 11.7 Å². The topological polar surface area (TPSA) is 44.4 Å². The van der Waals surface area contributed by atoms with Gasteiger partial charge in [-0.1, -0.05) is 13.0 Å². The van der Waals surface area contributed by atoms with Crippen LogP contribution in [0.25, 0.3) is 0 Å². The summed E-state index contributed by atoms with van der Waals surface area (Å²) in [4.78, 5) is 14.2. The Balaban J connectivity index is 1.88. The molecule has 20 heavy (non-hydrogen) atoms. The minimum atomic E-state index is -0.339. The molecule has 1 saturated heterocycles. The van der Waals surface area contributed by atoms with Crippen molar-refractivity contribution in [3.05, 3.63) is 30.1 Å². The molecule has 1 fully saturated rings. The summed E-state index contributed by atoms with van der Waals surface area (Å²) in [6.07, 6.45) is 2.14. The van der Waals surface area contributed by atoms with Gasteiger partial charge in [0.25, 0.3) is 0 Å². The van der Waals surface area contributed by atoms with Crippen LogP contribution < -0.4 is 10.6 Å². The van der Waals surface area contributed by atoms with E-state index < -0.39 is 0 Å². The summed E-state index contributed by atoms with van der Waals surface area (Å²) in [6, 6.07) is 6.44. The Labute approximate surface area is 119 Å². The van der Waals surface area contributed by atoms with Crippen LogP contribution in [0.5, 0.6) is 0 Å². The second-order valence-electron chi connectivity index (χ2n) is 5.10. The van der Waals surface area contributed by atoms with E-state index in [0.717, 1.165) is 32.5 Å². The molecule has 0 unspecified atom stereocenters. The molecule has 2 N–H and O–H groups in total. The summed E-state index contributed by atoms with van der Waals surface area (Å²) in [5, 5.41) is 6.07. The fourth-order valence-corrected chi connectivity index (χ4v) is 2.62. The summed E-state index contributed by atoms with van der Waals surface area (Å²) >= 11 is 0. The first-order valence-corrected chi connectivity index (χ1v) is 7.19. The predicted molar refractivity (Wildman–Crippen MR) is 78.2 cm³/mol. The highest BCUT2D eigenvalue weighted by Gasteiger charge is 2.21. The zero-order valence-corrected chi connectivity index (χ0v) is 11.9. The van der Waals surface area contributed by atoms with Gasteiger partial charge in [0.05, 0.1) is 6.54 Å². The third-order valence-electron chi connectivity index (χ3n) is 3.69. The second-order valence-corrected chi connectivity index (χ2v) is 5.10. The zero-order valence-electron chi connectivity index (χ0n) is 11.9. The van der Waals surface area contributed by atoms with Crippen LogP contribution in [-0.2, 0) is 4.79 Å². The van der Waals surface area contributed by atoms with Gasteiger partial charge in [-0.25, -0.2) is 4.39 Å². The van der Waals surface area contributed by atoms with Crippen molar-refractivity contribution in [2.24, 2.45) is 0 Å².